The molecular formula is C10H15NO4. The van der Waals surface area contributed by atoms with Crippen molar-refractivity contribution < 1.29 is 19.4 Å². The van der Waals surface area contributed by atoms with Crippen LogP contribution in [-0.2, 0) is 14.3 Å². The molecule has 0 bridgehead atoms. The highest BCUT2D eigenvalue weighted by molar-refractivity contribution is 6.18. The summed E-state index contributed by atoms with van der Waals surface area (Å²) in [5, 5.41) is 8.57. The lowest BCUT2D eigenvalue weighted by Crippen LogP contribution is -2.41. The minimum atomic E-state index is -0.635. The van der Waals surface area contributed by atoms with E-state index in [-0.39, 0.29) is 25.0 Å². The SMILES string of the molecule is CC1=C(C)C(=O)N(C(C)OCCO)C1=O. The zero-order valence-electron chi connectivity index (χ0n) is 9.11. The Hall–Kier alpha value is -1.20. The summed E-state index contributed by atoms with van der Waals surface area (Å²) in [6, 6.07) is 0. The second-order valence-corrected chi connectivity index (χ2v) is 3.42. The number of hydrogen-bond acceptors (Lipinski definition) is 4. The second kappa shape index (κ2) is 4.55. The molecule has 0 aromatic heterocycles. The quantitative estimate of drug-likeness (QED) is 0.670. The van der Waals surface area contributed by atoms with E-state index < -0.39 is 6.23 Å². The topological polar surface area (TPSA) is 66.8 Å². The fourth-order valence-corrected chi connectivity index (χ4v) is 1.40. The summed E-state index contributed by atoms with van der Waals surface area (Å²) in [6.45, 7) is 4.82. The van der Waals surface area contributed by atoms with E-state index in [0.717, 1.165) is 4.90 Å². The summed E-state index contributed by atoms with van der Waals surface area (Å²) in [5.41, 5.74) is 0.916. The molecule has 0 fully saturated rings. The van der Waals surface area contributed by atoms with Crippen molar-refractivity contribution in [3.05, 3.63) is 11.1 Å². The zero-order valence-corrected chi connectivity index (χ0v) is 9.11. The van der Waals surface area contributed by atoms with Gasteiger partial charge in [0, 0.05) is 11.1 Å². The van der Waals surface area contributed by atoms with E-state index in [0.29, 0.717) is 11.1 Å². The van der Waals surface area contributed by atoms with E-state index in [1.807, 2.05) is 0 Å². The van der Waals surface area contributed by atoms with Crippen molar-refractivity contribution in [2.45, 2.75) is 27.0 Å². The molecule has 1 aliphatic rings. The first-order valence-corrected chi connectivity index (χ1v) is 4.78. The molecule has 15 heavy (non-hydrogen) atoms. The van der Waals surface area contributed by atoms with Gasteiger partial charge in [0.15, 0.2) is 0 Å². The first-order chi connectivity index (χ1) is 7.00. The molecule has 5 nitrogen and oxygen atoms in total. The third-order valence-electron chi connectivity index (χ3n) is 2.46. The molecule has 0 aliphatic carbocycles. The van der Waals surface area contributed by atoms with Gasteiger partial charge in [-0.25, -0.2) is 4.90 Å². The smallest absolute Gasteiger partial charge is 0.258 e. The second-order valence-electron chi connectivity index (χ2n) is 3.42. The molecule has 1 heterocycles. The maximum Gasteiger partial charge on any atom is 0.258 e. The molecule has 0 saturated carbocycles. The Balaban J connectivity index is 2.74. The van der Waals surface area contributed by atoms with Crippen LogP contribution in [0.25, 0.3) is 0 Å². The predicted octanol–water partition coefficient (Wildman–Crippen LogP) is 0.0465. The third-order valence-corrected chi connectivity index (χ3v) is 2.46. The van der Waals surface area contributed by atoms with E-state index in [1.54, 1.807) is 20.8 Å². The van der Waals surface area contributed by atoms with Crippen LogP contribution in [0.4, 0.5) is 0 Å². The molecule has 1 aliphatic heterocycles. The van der Waals surface area contributed by atoms with Gasteiger partial charge in [0.2, 0.25) is 0 Å². The number of carbonyl (C=O) groups excluding carboxylic acids is 2. The third kappa shape index (κ3) is 2.08. The van der Waals surface area contributed by atoms with Crippen molar-refractivity contribution in [1.82, 2.24) is 4.90 Å². The average molecular weight is 213 g/mol. The lowest BCUT2D eigenvalue weighted by atomic mass is 10.2. The van der Waals surface area contributed by atoms with E-state index >= 15 is 0 Å². The van der Waals surface area contributed by atoms with Crippen LogP contribution in [0.1, 0.15) is 20.8 Å². The highest BCUT2D eigenvalue weighted by Gasteiger charge is 2.36. The summed E-state index contributed by atoms with van der Waals surface area (Å²) in [5.74, 6) is -0.633. The van der Waals surface area contributed by atoms with Gasteiger partial charge >= 0.3 is 0 Å². The fraction of sp³-hybridized carbons (Fsp3) is 0.600. The number of amides is 2. The molecule has 5 heteroatoms. The van der Waals surface area contributed by atoms with Crippen LogP contribution in [0.15, 0.2) is 11.1 Å². The van der Waals surface area contributed by atoms with Gasteiger partial charge in [0.1, 0.15) is 6.23 Å². The molecular weight excluding hydrogens is 198 g/mol. The van der Waals surface area contributed by atoms with Crippen LogP contribution in [-0.4, -0.2) is 41.3 Å². The summed E-state index contributed by atoms with van der Waals surface area (Å²) >= 11 is 0. The van der Waals surface area contributed by atoms with Crippen molar-refractivity contribution in [1.29, 1.82) is 0 Å². The normalized spacial score (nSPS) is 19.1. The van der Waals surface area contributed by atoms with Crippen molar-refractivity contribution in [2.75, 3.05) is 13.2 Å². The Kier molecular flexibility index (Phi) is 3.60. The van der Waals surface area contributed by atoms with Gasteiger partial charge in [-0.3, -0.25) is 9.59 Å². The van der Waals surface area contributed by atoms with Crippen molar-refractivity contribution in [3.63, 3.8) is 0 Å². The van der Waals surface area contributed by atoms with Crippen LogP contribution in [0.5, 0.6) is 0 Å². The first kappa shape index (κ1) is 11.9. The summed E-state index contributed by atoms with van der Waals surface area (Å²) in [4.78, 5) is 24.3. The Bertz CT molecular complexity index is 297. The Labute approximate surface area is 88.3 Å². The number of aliphatic hydroxyl groups excluding tert-OH is 1. The van der Waals surface area contributed by atoms with Crippen LogP contribution in [0.3, 0.4) is 0 Å². The lowest BCUT2D eigenvalue weighted by molar-refractivity contribution is -0.152. The lowest BCUT2D eigenvalue weighted by Gasteiger charge is -2.22. The highest BCUT2D eigenvalue weighted by atomic mass is 16.5. The minimum Gasteiger partial charge on any atom is -0.394 e. The number of aliphatic hydroxyl groups is 1. The standard InChI is InChI=1S/C10H15NO4/c1-6-7(2)10(14)11(9(6)13)8(3)15-5-4-12/h8,12H,4-5H2,1-3H3. The van der Waals surface area contributed by atoms with E-state index in [9.17, 15) is 9.59 Å². The summed E-state index contributed by atoms with van der Waals surface area (Å²) < 4.78 is 5.12. The van der Waals surface area contributed by atoms with Crippen LogP contribution >= 0.6 is 0 Å². The first-order valence-electron chi connectivity index (χ1n) is 4.78. The molecule has 0 saturated heterocycles. The molecule has 2 amide bonds. The largest absolute Gasteiger partial charge is 0.394 e. The Morgan fingerprint density at radius 1 is 1.27 bits per heavy atom. The van der Waals surface area contributed by atoms with Gasteiger partial charge in [-0.1, -0.05) is 0 Å². The van der Waals surface area contributed by atoms with Gasteiger partial charge in [0.05, 0.1) is 13.2 Å². The van der Waals surface area contributed by atoms with E-state index in [2.05, 4.69) is 0 Å². The van der Waals surface area contributed by atoms with Gasteiger partial charge in [-0.05, 0) is 20.8 Å². The van der Waals surface area contributed by atoms with Crippen LogP contribution < -0.4 is 0 Å². The molecule has 0 spiro atoms. The number of rotatable bonds is 4. The monoisotopic (exact) mass is 213 g/mol. The fourth-order valence-electron chi connectivity index (χ4n) is 1.40. The van der Waals surface area contributed by atoms with Crippen molar-refractivity contribution in [3.8, 4) is 0 Å². The van der Waals surface area contributed by atoms with Gasteiger partial charge in [0.25, 0.3) is 11.8 Å². The molecule has 0 radical (unpaired) electrons. The number of carbonyl (C=O) groups is 2. The maximum absolute atomic E-state index is 11.6. The van der Waals surface area contributed by atoms with E-state index in [1.165, 1.54) is 0 Å². The molecule has 1 N–H and O–H groups in total. The van der Waals surface area contributed by atoms with Crippen molar-refractivity contribution in [2.24, 2.45) is 0 Å². The van der Waals surface area contributed by atoms with Crippen LogP contribution in [0.2, 0.25) is 0 Å². The Morgan fingerprint density at radius 2 is 1.73 bits per heavy atom. The molecule has 84 valence electrons. The number of ether oxygens (including phenoxy) is 1. The van der Waals surface area contributed by atoms with Gasteiger partial charge in [-0.15, -0.1) is 0 Å². The molecule has 1 unspecified atom stereocenters. The minimum absolute atomic E-state index is 0.107. The van der Waals surface area contributed by atoms with Gasteiger partial charge in [-0.2, -0.15) is 0 Å². The predicted molar refractivity (Wildman–Crippen MR) is 52.7 cm³/mol. The van der Waals surface area contributed by atoms with Crippen LogP contribution in [0, 0.1) is 0 Å². The zero-order chi connectivity index (χ0) is 11.6. The van der Waals surface area contributed by atoms with E-state index in [4.69, 9.17) is 9.84 Å². The van der Waals surface area contributed by atoms with Gasteiger partial charge < -0.3 is 9.84 Å². The van der Waals surface area contributed by atoms with Crippen molar-refractivity contribution >= 4 is 11.8 Å². The number of hydrogen-bond donors (Lipinski definition) is 1. The summed E-state index contributed by atoms with van der Waals surface area (Å²) in [7, 11) is 0. The molecule has 1 atom stereocenters. The molecule has 1 rings (SSSR count). The molecule has 0 aromatic carbocycles. The number of imide groups is 1. The molecule has 0 aromatic rings. The summed E-state index contributed by atoms with van der Waals surface area (Å²) in [6.07, 6.45) is -0.635. The maximum atomic E-state index is 11.6. The Morgan fingerprint density at radius 3 is 2.13 bits per heavy atom. The highest BCUT2D eigenvalue weighted by Crippen LogP contribution is 2.22. The average Bonchev–Trinajstić information content (AvgIpc) is 2.40. The number of nitrogens with zero attached hydrogens (tertiary/aromatic N) is 1.